The second-order valence-corrected chi connectivity index (χ2v) is 6.39. The van der Waals surface area contributed by atoms with E-state index in [0.29, 0.717) is 13.1 Å². The van der Waals surface area contributed by atoms with Crippen molar-refractivity contribution in [3.63, 3.8) is 0 Å². The highest BCUT2D eigenvalue weighted by Crippen LogP contribution is 2.59. The Balaban J connectivity index is 1.82. The van der Waals surface area contributed by atoms with Gasteiger partial charge in [0.1, 0.15) is 5.60 Å². The standard InChI is InChI=1S/C13H22FNO2/c1-12(2,3)17-11(16)15-6-4-13(5-7-15)8-10(13)9-14/h10H,4-9H2,1-3H3. The maximum Gasteiger partial charge on any atom is 0.410 e. The van der Waals surface area contributed by atoms with E-state index in [0.717, 1.165) is 19.3 Å². The fourth-order valence-electron chi connectivity index (χ4n) is 2.72. The molecule has 1 spiro atoms. The summed E-state index contributed by atoms with van der Waals surface area (Å²) >= 11 is 0. The van der Waals surface area contributed by atoms with E-state index in [1.165, 1.54) is 0 Å². The topological polar surface area (TPSA) is 29.5 Å². The summed E-state index contributed by atoms with van der Waals surface area (Å²) in [4.78, 5) is 13.6. The first-order valence-electron chi connectivity index (χ1n) is 6.40. The summed E-state index contributed by atoms with van der Waals surface area (Å²) in [5.41, 5.74) is -0.222. The third-order valence-electron chi connectivity index (χ3n) is 3.96. The number of hydrogen-bond donors (Lipinski definition) is 0. The Morgan fingerprint density at radius 1 is 1.41 bits per heavy atom. The number of halogens is 1. The number of ether oxygens (including phenoxy) is 1. The molecule has 1 saturated carbocycles. The predicted molar refractivity (Wildman–Crippen MR) is 63.6 cm³/mol. The van der Waals surface area contributed by atoms with Crippen molar-refractivity contribution in [3.05, 3.63) is 0 Å². The monoisotopic (exact) mass is 243 g/mol. The minimum Gasteiger partial charge on any atom is -0.444 e. The summed E-state index contributed by atoms with van der Waals surface area (Å²) in [6.45, 7) is 6.84. The van der Waals surface area contributed by atoms with Crippen molar-refractivity contribution in [1.82, 2.24) is 4.90 Å². The molecular formula is C13H22FNO2. The molecule has 0 N–H and O–H groups in total. The summed E-state index contributed by atoms with van der Waals surface area (Å²) in [5.74, 6) is 0.253. The third-order valence-corrected chi connectivity index (χ3v) is 3.96. The van der Waals surface area contributed by atoms with E-state index in [9.17, 15) is 9.18 Å². The van der Waals surface area contributed by atoms with Gasteiger partial charge in [0.05, 0.1) is 6.67 Å². The van der Waals surface area contributed by atoms with E-state index in [1.54, 1.807) is 4.90 Å². The highest BCUT2D eigenvalue weighted by molar-refractivity contribution is 5.68. The highest BCUT2D eigenvalue weighted by Gasteiger charge is 2.55. The van der Waals surface area contributed by atoms with Crippen molar-refractivity contribution in [3.8, 4) is 0 Å². The van der Waals surface area contributed by atoms with Crippen molar-refractivity contribution in [1.29, 1.82) is 0 Å². The molecule has 1 atom stereocenters. The zero-order valence-corrected chi connectivity index (χ0v) is 11.0. The van der Waals surface area contributed by atoms with Crippen LogP contribution < -0.4 is 0 Å². The van der Waals surface area contributed by atoms with Crippen LogP contribution in [0, 0.1) is 11.3 Å². The zero-order chi connectivity index (χ0) is 12.7. The molecule has 1 unspecified atom stereocenters. The van der Waals surface area contributed by atoms with Crippen LogP contribution in [0.3, 0.4) is 0 Å². The number of amides is 1. The van der Waals surface area contributed by atoms with Crippen LogP contribution in [0.15, 0.2) is 0 Å². The quantitative estimate of drug-likeness (QED) is 0.708. The van der Waals surface area contributed by atoms with Crippen LogP contribution >= 0.6 is 0 Å². The largest absolute Gasteiger partial charge is 0.444 e. The molecule has 1 heterocycles. The molecule has 98 valence electrons. The number of rotatable bonds is 1. The third kappa shape index (κ3) is 2.72. The molecule has 0 bridgehead atoms. The molecule has 1 saturated heterocycles. The number of alkyl halides is 1. The number of carbonyl (C=O) groups excluding carboxylic acids is 1. The molecule has 0 radical (unpaired) electrons. The van der Waals surface area contributed by atoms with Crippen LogP contribution in [0.4, 0.5) is 9.18 Å². The maximum absolute atomic E-state index is 12.6. The van der Waals surface area contributed by atoms with Gasteiger partial charge in [-0.15, -0.1) is 0 Å². The van der Waals surface area contributed by atoms with Gasteiger partial charge < -0.3 is 9.64 Å². The van der Waals surface area contributed by atoms with Gasteiger partial charge >= 0.3 is 6.09 Å². The molecular weight excluding hydrogens is 221 g/mol. The summed E-state index contributed by atoms with van der Waals surface area (Å²) < 4.78 is 17.9. The van der Waals surface area contributed by atoms with E-state index in [1.807, 2.05) is 20.8 Å². The fraction of sp³-hybridized carbons (Fsp3) is 0.923. The van der Waals surface area contributed by atoms with Gasteiger partial charge in [0.25, 0.3) is 0 Å². The van der Waals surface area contributed by atoms with Crippen molar-refractivity contribution in [2.24, 2.45) is 11.3 Å². The molecule has 0 aromatic carbocycles. The SMILES string of the molecule is CC(C)(C)OC(=O)N1CCC2(CC1)CC2CF. The van der Waals surface area contributed by atoms with Gasteiger partial charge in [0.15, 0.2) is 0 Å². The molecule has 1 amide bonds. The first-order valence-corrected chi connectivity index (χ1v) is 6.40. The minimum atomic E-state index is -0.437. The molecule has 0 aromatic rings. The van der Waals surface area contributed by atoms with Gasteiger partial charge in [0, 0.05) is 13.1 Å². The molecule has 2 rings (SSSR count). The lowest BCUT2D eigenvalue weighted by atomic mass is 9.91. The highest BCUT2D eigenvalue weighted by atomic mass is 19.1. The van der Waals surface area contributed by atoms with Crippen molar-refractivity contribution in [2.75, 3.05) is 19.8 Å². The summed E-state index contributed by atoms with van der Waals surface area (Å²) in [6, 6.07) is 0. The smallest absolute Gasteiger partial charge is 0.410 e. The van der Waals surface area contributed by atoms with Gasteiger partial charge in [0.2, 0.25) is 0 Å². The fourth-order valence-corrected chi connectivity index (χ4v) is 2.72. The van der Waals surface area contributed by atoms with Crippen molar-refractivity contribution < 1.29 is 13.9 Å². The lowest BCUT2D eigenvalue weighted by molar-refractivity contribution is 0.0164. The normalized spacial score (nSPS) is 27.1. The lowest BCUT2D eigenvalue weighted by Gasteiger charge is -2.34. The summed E-state index contributed by atoms with van der Waals surface area (Å²) in [6.07, 6.45) is 2.64. The van der Waals surface area contributed by atoms with Crippen LogP contribution in [0.1, 0.15) is 40.0 Å². The van der Waals surface area contributed by atoms with E-state index < -0.39 is 5.60 Å². The van der Waals surface area contributed by atoms with Gasteiger partial charge in [-0.2, -0.15) is 0 Å². The van der Waals surface area contributed by atoms with Crippen LogP contribution in [-0.4, -0.2) is 36.4 Å². The molecule has 2 aliphatic rings. The van der Waals surface area contributed by atoms with E-state index in [2.05, 4.69) is 0 Å². The summed E-state index contributed by atoms with van der Waals surface area (Å²) in [5, 5.41) is 0. The number of likely N-dealkylation sites (tertiary alicyclic amines) is 1. The first kappa shape index (κ1) is 12.7. The van der Waals surface area contributed by atoms with E-state index in [-0.39, 0.29) is 24.1 Å². The average molecular weight is 243 g/mol. The Hall–Kier alpha value is -0.800. The number of piperidine rings is 1. The van der Waals surface area contributed by atoms with Crippen LogP contribution in [0.2, 0.25) is 0 Å². The Kier molecular flexibility index (Phi) is 3.08. The Labute approximate surface area is 102 Å². The Morgan fingerprint density at radius 3 is 2.41 bits per heavy atom. The van der Waals surface area contributed by atoms with Crippen molar-refractivity contribution >= 4 is 6.09 Å². The second kappa shape index (κ2) is 4.14. The molecule has 4 heteroatoms. The average Bonchev–Trinajstić information content (AvgIpc) is 2.90. The van der Waals surface area contributed by atoms with Crippen LogP contribution in [0.5, 0.6) is 0 Å². The van der Waals surface area contributed by atoms with Gasteiger partial charge in [-0.25, -0.2) is 4.79 Å². The number of nitrogens with zero attached hydrogens (tertiary/aromatic N) is 1. The molecule has 0 aromatic heterocycles. The van der Waals surface area contributed by atoms with Gasteiger partial charge in [-0.3, -0.25) is 4.39 Å². The molecule has 1 aliphatic heterocycles. The van der Waals surface area contributed by atoms with Crippen LogP contribution in [-0.2, 0) is 4.74 Å². The summed E-state index contributed by atoms with van der Waals surface area (Å²) in [7, 11) is 0. The number of hydrogen-bond acceptors (Lipinski definition) is 2. The lowest BCUT2D eigenvalue weighted by Crippen LogP contribution is -2.42. The van der Waals surface area contributed by atoms with Gasteiger partial charge in [-0.05, 0) is 51.4 Å². The predicted octanol–water partition coefficient (Wildman–Crippen LogP) is 2.99. The Morgan fingerprint density at radius 2 is 2.00 bits per heavy atom. The molecule has 3 nitrogen and oxygen atoms in total. The van der Waals surface area contributed by atoms with Gasteiger partial charge in [-0.1, -0.05) is 0 Å². The first-order chi connectivity index (χ1) is 7.86. The Bertz CT molecular complexity index is 303. The second-order valence-electron chi connectivity index (χ2n) is 6.39. The minimum absolute atomic E-state index is 0.202. The van der Waals surface area contributed by atoms with E-state index >= 15 is 0 Å². The maximum atomic E-state index is 12.6. The molecule has 17 heavy (non-hydrogen) atoms. The van der Waals surface area contributed by atoms with Crippen LogP contribution in [0.25, 0.3) is 0 Å². The van der Waals surface area contributed by atoms with E-state index in [4.69, 9.17) is 4.74 Å². The molecule has 2 fully saturated rings. The van der Waals surface area contributed by atoms with Crippen molar-refractivity contribution in [2.45, 2.75) is 45.6 Å². The zero-order valence-electron chi connectivity index (χ0n) is 11.0. The molecule has 1 aliphatic carbocycles. The number of carbonyl (C=O) groups is 1.